The predicted octanol–water partition coefficient (Wildman–Crippen LogP) is 3.37. The number of halogens is 4. The molecular weight excluding hydrogens is 447 g/mol. The number of alkyl halides is 3. The van der Waals surface area contributed by atoms with E-state index in [9.17, 15) is 31.5 Å². The summed E-state index contributed by atoms with van der Waals surface area (Å²) in [5, 5.41) is 13.3. The summed E-state index contributed by atoms with van der Waals surface area (Å²) in [4.78, 5) is 12.2. The van der Waals surface area contributed by atoms with Crippen LogP contribution in [0.5, 0.6) is 5.75 Å². The van der Waals surface area contributed by atoms with Gasteiger partial charge in [0.25, 0.3) is 5.91 Å². The Hall–Kier alpha value is -2.79. The zero-order valence-electron chi connectivity index (χ0n) is 15.7. The van der Waals surface area contributed by atoms with Crippen molar-refractivity contribution in [2.45, 2.75) is 13.1 Å². The van der Waals surface area contributed by atoms with E-state index in [4.69, 9.17) is 11.6 Å². The van der Waals surface area contributed by atoms with E-state index in [0.29, 0.717) is 22.0 Å². The zero-order chi connectivity index (χ0) is 22.7. The minimum absolute atomic E-state index is 0.0819. The molecule has 0 radical (unpaired) electrons. The Balaban J connectivity index is 2.29. The Morgan fingerprint density at radius 1 is 1.23 bits per heavy atom. The molecule has 2 aromatic carbocycles. The first kappa shape index (κ1) is 23.5. The van der Waals surface area contributed by atoms with Crippen molar-refractivity contribution in [1.82, 2.24) is 5.43 Å². The molecular formula is C18H17ClF3N3O4S. The molecule has 2 rings (SSSR count). The maximum absolute atomic E-state index is 13.0. The van der Waals surface area contributed by atoms with Crippen LogP contribution in [0.25, 0.3) is 0 Å². The quantitative estimate of drug-likeness (QED) is 0.507. The van der Waals surface area contributed by atoms with Crippen molar-refractivity contribution < 1.29 is 31.5 Å². The van der Waals surface area contributed by atoms with Gasteiger partial charge < -0.3 is 5.11 Å². The number of hydrazone groups is 1. The average Bonchev–Trinajstić information content (AvgIpc) is 2.63. The third-order valence-electron chi connectivity index (χ3n) is 3.87. The first-order valence-corrected chi connectivity index (χ1v) is 10.5. The van der Waals surface area contributed by atoms with Crippen LogP contribution < -0.4 is 9.73 Å². The standard InChI is InChI=1S/C18H17ClF3N3O4S/c1-11(13-5-3-4-6-16(13)26)23-24-17(27)10-25(30(2,28)29)15-9-12(18(20,21)22)7-8-14(15)19/h3-9,26H,10H2,1-2H3,(H,24,27). The van der Waals surface area contributed by atoms with E-state index < -0.39 is 39.9 Å². The molecule has 0 unspecified atom stereocenters. The van der Waals surface area contributed by atoms with Gasteiger partial charge in [0.15, 0.2) is 0 Å². The number of anilines is 1. The fourth-order valence-corrected chi connectivity index (χ4v) is 3.54. The number of amides is 1. The van der Waals surface area contributed by atoms with Crippen LogP contribution in [0.4, 0.5) is 18.9 Å². The second-order valence-electron chi connectivity index (χ2n) is 6.18. The number of benzene rings is 2. The molecule has 0 spiro atoms. The van der Waals surface area contributed by atoms with Gasteiger partial charge in [-0.3, -0.25) is 9.10 Å². The number of nitrogens with one attached hydrogen (secondary N) is 1. The molecule has 2 N–H and O–H groups in total. The minimum Gasteiger partial charge on any atom is -0.507 e. The third kappa shape index (κ3) is 5.86. The molecule has 0 atom stereocenters. The van der Waals surface area contributed by atoms with Crippen molar-refractivity contribution in [3.8, 4) is 5.75 Å². The van der Waals surface area contributed by atoms with E-state index in [1.165, 1.54) is 13.0 Å². The lowest BCUT2D eigenvalue weighted by atomic mass is 10.1. The summed E-state index contributed by atoms with van der Waals surface area (Å²) in [6, 6.07) is 8.34. The van der Waals surface area contributed by atoms with Gasteiger partial charge in [0.1, 0.15) is 12.3 Å². The van der Waals surface area contributed by atoms with Gasteiger partial charge in [-0.05, 0) is 37.3 Å². The molecule has 0 saturated heterocycles. The number of aromatic hydroxyl groups is 1. The largest absolute Gasteiger partial charge is 0.507 e. The van der Waals surface area contributed by atoms with Crippen LogP contribution in [0.15, 0.2) is 47.6 Å². The van der Waals surface area contributed by atoms with Crippen molar-refractivity contribution in [3.05, 3.63) is 58.6 Å². The van der Waals surface area contributed by atoms with E-state index >= 15 is 0 Å². The van der Waals surface area contributed by atoms with Crippen LogP contribution in [0, 0.1) is 0 Å². The van der Waals surface area contributed by atoms with Gasteiger partial charge in [-0.25, -0.2) is 13.8 Å². The number of rotatable bonds is 6. The summed E-state index contributed by atoms with van der Waals surface area (Å²) < 4.78 is 63.7. The first-order valence-electron chi connectivity index (χ1n) is 8.26. The minimum atomic E-state index is -4.73. The molecule has 0 aliphatic heterocycles. The molecule has 0 aliphatic rings. The first-order chi connectivity index (χ1) is 13.8. The normalized spacial score (nSPS) is 12.5. The van der Waals surface area contributed by atoms with E-state index in [0.717, 1.165) is 12.3 Å². The second kappa shape index (κ2) is 8.92. The highest BCUT2D eigenvalue weighted by molar-refractivity contribution is 7.92. The van der Waals surface area contributed by atoms with Gasteiger partial charge in [-0.15, -0.1) is 0 Å². The Morgan fingerprint density at radius 2 is 1.87 bits per heavy atom. The third-order valence-corrected chi connectivity index (χ3v) is 5.32. The van der Waals surface area contributed by atoms with Crippen molar-refractivity contribution in [2.75, 3.05) is 17.1 Å². The van der Waals surface area contributed by atoms with Gasteiger partial charge >= 0.3 is 6.18 Å². The van der Waals surface area contributed by atoms with E-state index in [-0.39, 0.29) is 16.5 Å². The number of phenolic OH excluding ortho intramolecular Hbond substituents is 1. The number of hydrogen-bond donors (Lipinski definition) is 2. The maximum atomic E-state index is 13.0. The second-order valence-corrected chi connectivity index (χ2v) is 8.50. The number of phenols is 1. The number of hydrogen-bond acceptors (Lipinski definition) is 5. The fourth-order valence-electron chi connectivity index (χ4n) is 2.41. The highest BCUT2D eigenvalue weighted by atomic mass is 35.5. The van der Waals surface area contributed by atoms with Crippen LogP contribution in [-0.4, -0.2) is 37.9 Å². The molecule has 0 saturated carbocycles. The van der Waals surface area contributed by atoms with Crippen LogP contribution >= 0.6 is 11.6 Å². The van der Waals surface area contributed by atoms with Crippen molar-refractivity contribution in [1.29, 1.82) is 0 Å². The molecule has 1 amide bonds. The SMILES string of the molecule is CC(=NNC(=O)CN(c1cc(C(F)(F)F)ccc1Cl)S(C)(=O)=O)c1ccccc1O. The average molecular weight is 464 g/mol. The monoisotopic (exact) mass is 463 g/mol. The molecule has 0 bridgehead atoms. The van der Waals surface area contributed by atoms with E-state index in [1.54, 1.807) is 18.2 Å². The van der Waals surface area contributed by atoms with Crippen LogP contribution in [0.2, 0.25) is 5.02 Å². The Labute approximate surface area is 175 Å². The number of carbonyl (C=O) groups excluding carboxylic acids is 1. The van der Waals surface area contributed by atoms with Gasteiger partial charge in [-0.1, -0.05) is 23.7 Å². The van der Waals surface area contributed by atoms with Crippen LogP contribution in [0.3, 0.4) is 0 Å². The lowest BCUT2D eigenvalue weighted by Gasteiger charge is -2.23. The maximum Gasteiger partial charge on any atom is 0.416 e. The Morgan fingerprint density at radius 3 is 2.43 bits per heavy atom. The highest BCUT2D eigenvalue weighted by Crippen LogP contribution is 2.36. The lowest BCUT2D eigenvalue weighted by molar-refractivity contribution is -0.137. The summed E-state index contributed by atoms with van der Waals surface area (Å²) in [5.41, 5.74) is 1.05. The van der Waals surface area contributed by atoms with Gasteiger partial charge in [0.2, 0.25) is 10.0 Å². The van der Waals surface area contributed by atoms with Gasteiger partial charge in [0, 0.05) is 5.56 Å². The zero-order valence-corrected chi connectivity index (χ0v) is 17.3. The van der Waals surface area contributed by atoms with Gasteiger partial charge in [-0.2, -0.15) is 18.3 Å². The van der Waals surface area contributed by atoms with Crippen LogP contribution in [-0.2, 0) is 21.0 Å². The predicted molar refractivity (Wildman–Crippen MR) is 107 cm³/mol. The van der Waals surface area contributed by atoms with Gasteiger partial charge in [0.05, 0.1) is 28.2 Å². The molecule has 2 aromatic rings. The highest BCUT2D eigenvalue weighted by Gasteiger charge is 2.33. The summed E-state index contributed by atoms with van der Waals surface area (Å²) in [6.07, 6.45) is -4.00. The van der Waals surface area contributed by atoms with Crippen LogP contribution in [0.1, 0.15) is 18.1 Å². The molecule has 0 aliphatic carbocycles. The molecule has 30 heavy (non-hydrogen) atoms. The Kier molecular flexibility index (Phi) is 6.99. The smallest absolute Gasteiger partial charge is 0.416 e. The molecule has 0 heterocycles. The van der Waals surface area contributed by atoms with E-state index in [2.05, 4.69) is 10.5 Å². The number of sulfonamides is 1. The number of carbonyl (C=O) groups is 1. The Bertz CT molecular complexity index is 1090. The van der Waals surface area contributed by atoms with E-state index in [1.807, 2.05) is 0 Å². The molecule has 7 nitrogen and oxygen atoms in total. The topological polar surface area (TPSA) is 99.1 Å². The molecule has 0 fully saturated rings. The van der Waals surface area contributed by atoms with Crippen molar-refractivity contribution in [2.24, 2.45) is 5.10 Å². The van der Waals surface area contributed by atoms with Crippen molar-refractivity contribution >= 4 is 38.9 Å². The number of para-hydroxylation sites is 1. The summed E-state index contributed by atoms with van der Waals surface area (Å²) >= 11 is 5.90. The molecule has 162 valence electrons. The fraction of sp³-hybridized carbons (Fsp3) is 0.222. The summed E-state index contributed by atoms with van der Waals surface area (Å²) in [6.45, 7) is 0.630. The summed E-state index contributed by atoms with van der Waals surface area (Å²) in [5.74, 6) is -1.01. The number of nitrogens with zero attached hydrogens (tertiary/aromatic N) is 2. The molecule has 12 heteroatoms. The summed E-state index contributed by atoms with van der Waals surface area (Å²) in [7, 11) is -4.16. The van der Waals surface area contributed by atoms with Crippen molar-refractivity contribution in [3.63, 3.8) is 0 Å². The lowest BCUT2D eigenvalue weighted by Crippen LogP contribution is -2.39. The molecule has 0 aromatic heterocycles.